The van der Waals surface area contributed by atoms with Crippen LogP contribution in [0.2, 0.25) is 0 Å². The van der Waals surface area contributed by atoms with E-state index >= 15 is 0 Å². The van der Waals surface area contributed by atoms with Crippen molar-refractivity contribution in [2.24, 2.45) is 17.8 Å². The molecule has 0 bridgehead atoms. The molecule has 17 heavy (non-hydrogen) atoms. The summed E-state index contributed by atoms with van der Waals surface area (Å²) >= 11 is 0. The molecule has 4 unspecified atom stereocenters. The van der Waals surface area contributed by atoms with Crippen molar-refractivity contribution in [3.05, 3.63) is 0 Å². The third-order valence-electron chi connectivity index (χ3n) is 4.29. The van der Waals surface area contributed by atoms with E-state index in [2.05, 4.69) is 13.8 Å². The van der Waals surface area contributed by atoms with Crippen molar-refractivity contribution in [2.45, 2.75) is 45.6 Å². The first kappa shape index (κ1) is 12.4. The maximum Gasteiger partial charge on any atom is 0.308 e. The lowest BCUT2D eigenvalue weighted by atomic mass is 9.79. The van der Waals surface area contributed by atoms with Gasteiger partial charge in [-0.3, -0.25) is 9.59 Å². The molecule has 96 valence electrons. The summed E-state index contributed by atoms with van der Waals surface area (Å²) in [6, 6.07) is 0.267. The van der Waals surface area contributed by atoms with Crippen LogP contribution in [0.4, 0.5) is 0 Å². The van der Waals surface area contributed by atoms with Crippen LogP contribution in [0.3, 0.4) is 0 Å². The minimum Gasteiger partial charge on any atom is -0.481 e. The third-order valence-corrected chi connectivity index (χ3v) is 4.29. The monoisotopic (exact) mass is 239 g/mol. The summed E-state index contributed by atoms with van der Waals surface area (Å²) in [6.45, 7) is 4.85. The fraction of sp³-hybridized carbons (Fsp3) is 0.846. The Balaban J connectivity index is 2.03. The van der Waals surface area contributed by atoms with E-state index in [4.69, 9.17) is 5.11 Å². The largest absolute Gasteiger partial charge is 0.481 e. The molecule has 1 aliphatic heterocycles. The van der Waals surface area contributed by atoms with E-state index < -0.39 is 11.9 Å². The van der Waals surface area contributed by atoms with Crippen LogP contribution in [0.1, 0.15) is 39.5 Å². The van der Waals surface area contributed by atoms with Gasteiger partial charge in [0.15, 0.2) is 0 Å². The molecular weight excluding hydrogens is 218 g/mol. The summed E-state index contributed by atoms with van der Waals surface area (Å²) in [5, 5.41) is 8.98. The van der Waals surface area contributed by atoms with Crippen LogP contribution in [-0.2, 0) is 9.59 Å². The van der Waals surface area contributed by atoms with Crippen LogP contribution in [0.5, 0.6) is 0 Å². The number of carboxylic acid groups (broad SMARTS) is 1. The first-order valence-corrected chi connectivity index (χ1v) is 6.51. The topological polar surface area (TPSA) is 57.6 Å². The van der Waals surface area contributed by atoms with Crippen LogP contribution >= 0.6 is 0 Å². The molecule has 1 aliphatic carbocycles. The second kappa shape index (κ2) is 4.67. The molecule has 4 heteroatoms. The zero-order chi connectivity index (χ0) is 12.6. The SMILES string of the molecule is CC1CCC(N2CC(C(=O)O)CC2=O)C(C)C1. The normalized spacial score (nSPS) is 38.5. The minimum absolute atomic E-state index is 0.0313. The van der Waals surface area contributed by atoms with Crippen molar-refractivity contribution >= 4 is 11.9 Å². The van der Waals surface area contributed by atoms with E-state index in [9.17, 15) is 9.59 Å². The van der Waals surface area contributed by atoms with E-state index in [1.165, 1.54) is 0 Å². The van der Waals surface area contributed by atoms with Crippen molar-refractivity contribution in [1.82, 2.24) is 4.90 Å². The Morgan fingerprint density at radius 3 is 2.59 bits per heavy atom. The van der Waals surface area contributed by atoms with E-state index in [1.807, 2.05) is 4.90 Å². The van der Waals surface area contributed by atoms with Gasteiger partial charge in [-0.2, -0.15) is 0 Å². The van der Waals surface area contributed by atoms with Gasteiger partial charge in [0.25, 0.3) is 0 Å². The average molecular weight is 239 g/mol. The molecule has 2 aliphatic rings. The zero-order valence-electron chi connectivity index (χ0n) is 10.6. The highest BCUT2D eigenvalue weighted by molar-refractivity contribution is 5.86. The Morgan fingerprint density at radius 2 is 2.06 bits per heavy atom. The van der Waals surface area contributed by atoms with Gasteiger partial charge in [-0.15, -0.1) is 0 Å². The molecule has 0 spiro atoms. The first-order chi connectivity index (χ1) is 7.99. The highest BCUT2D eigenvalue weighted by Crippen LogP contribution is 2.34. The van der Waals surface area contributed by atoms with Gasteiger partial charge in [0.2, 0.25) is 5.91 Å². The molecule has 1 amide bonds. The molecule has 0 aromatic heterocycles. The van der Waals surface area contributed by atoms with Crippen LogP contribution in [0, 0.1) is 17.8 Å². The number of aliphatic carboxylic acids is 1. The van der Waals surface area contributed by atoms with Crippen molar-refractivity contribution in [3.8, 4) is 0 Å². The molecule has 4 nitrogen and oxygen atoms in total. The van der Waals surface area contributed by atoms with Crippen LogP contribution in [0.15, 0.2) is 0 Å². The molecule has 1 N–H and O–H groups in total. The molecule has 0 aromatic carbocycles. The van der Waals surface area contributed by atoms with Gasteiger partial charge in [0, 0.05) is 19.0 Å². The standard InChI is InChI=1S/C13H21NO3/c1-8-3-4-11(9(2)5-8)14-7-10(13(16)17)6-12(14)15/h8-11H,3-7H2,1-2H3,(H,16,17). The van der Waals surface area contributed by atoms with Gasteiger partial charge in [0.05, 0.1) is 5.92 Å². The van der Waals surface area contributed by atoms with Crippen molar-refractivity contribution in [2.75, 3.05) is 6.54 Å². The highest BCUT2D eigenvalue weighted by Gasteiger charge is 2.40. The molecule has 1 saturated heterocycles. The summed E-state index contributed by atoms with van der Waals surface area (Å²) < 4.78 is 0. The lowest BCUT2D eigenvalue weighted by Gasteiger charge is -2.38. The predicted molar refractivity (Wildman–Crippen MR) is 63.4 cm³/mol. The zero-order valence-corrected chi connectivity index (χ0v) is 10.6. The lowest BCUT2D eigenvalue weighted by molar-refractivity contribution is -0.141. The number of carbonyl (C=O) groups excluding carboxylic acids is 1. The molecule has 0 aromatic rings. The van der Waals surface area contributed by atoms with E-state index in [-0.39, 0.29) is 18.4 Å². The number of rotatable bonds is 2. The van der Waals surface area contributed by atoms with Crippen LogP contribution < -0.4 is 0 Å². The van der Waals surface area contributed by atoms with Gasteiger partial charge < -0.3 is 10.0 Å². The summed E-state index contributed by atoms with van der Waals surface area (Å²) in [4.78, 5) is 24.6. The third kappa shape index (κ3) is 2.45. The van der Waals surface area contributed by atoms with E-state index in [0.717, 1.165) is 25.2 Å². The molecule has 2 rings (SSSR count). The van der Waals surface area contributed by atoms with Gasteiger partial charge >= 0.3 is 5.97 Å². The second-order valence-corrected chi connectivity index (χ2v) is 5.75. The number of likely N-dealkylation sites (tertiary alicyclic amines) is 1. The predicted octanol–water partition coefficient (Wildman–Crippen LogP) is 1.74. The fourth-order valence-electron chi connectivity index (χ4n) is 3.33. The molecule has 4 atom stereocenters. The Morgan fingerprint density at radius 1 is 1.35 bits per heavy atom. The number of carboxylic acids is 1. The van der Waals surface area contributed by atoms with Crippen molar-refractivity contribution < 1.29 is 14.7 Å². The second-order valence-electron chi connectivity index (χ2n) is 5.75. The molecule has 0 radical (unpaired) electrons. The van der Waals surface area contributed by atoms with E-state index in [1.54, 1.807) is 0 Å². The first-order valence-electron chi connectivity index (χ1n) is 6.51. The smallest absolute Gasteiger partial charge is 0.308 e. The Kier molecular flexibility index (Phi) is 3.40. The maximum atomic E-state index is 11.9. The van der Waals surface area contributed by atoms with E-state index in [0.29, 0.717) is 12.5 Å². The van der Waals surface area contributed by atoms with Gasteiger partial charge in [-0.1, -0.05) is 13.8 Å². The Bertz CT molecular complexity index is 329. The minimum atomic E-state index is -0.835. The number of nitrogens with zero attached hydrogens (tertiary/aromatic N) is 1. The molecule has 1 heterocycles. The average Bonchev–Trinajstić information content (AvgIpc) is 2.61. The maximum absolute atomic E-state index is 11.9. The number of carbonyl (C=O) groups is 2. The molecule has 1 saturated carbocycles. The molecule has 2 fully saturated rings. The Hall–Kier alpha value is -1.06. The summed E-state index contributed by atoms with van der Waals surface area (Å²) in [5.74, 6) is -0.0694. The Labute approximate surface area is 102 Å². The lowest BCUT2D eigenvalue weighted by Crippen LogP contribution is -2.44. The van der Waals surface area contributed by atoms with Gasteiger partial charge in [-0.25, -0.2) is 0 Å². The number of hydrogen-bond acceptors (Lipinski definition) is 2. The quantitative estimate of drug-likeness (QED) is 0.798. The summed E-state index contributed by atoms with van der Waals surface area (Å²) in [6.07, 6.45) is 3.51. The van der Waals surface area contributed by atoms with Gasteiger partial charge in [0.1, 0.15) is 0 Å². The van der Waals surface area contributed by atoms with Gasteiger partial charge in [-0.05, 0) is 31.1 Å². The summed E-state index contributed by atoms with van der Waals surface area (Å²) in [7, 11) is 0. The number of amides is 1. The van der Waals surface area contributed by atoms with Crippen molar-refractivity contribution in [1.29, 1.82) is 0 Å². The van der Waals surface area contributed by atoms with Crippen LogP contribution in [0.25, 0.3) is 0 Å². The highest BCUT2D eigenvalue weighted by atomic mass is 16.4. The molecular formula is C13H21NO3. The summed E-state index contributed by atoms with van der Waals surface area (Å²) in [5.41, 5.74) is 0. The number of hydrogen-bond donors (Lipinski definition) is 1. The van der Waals surface area contributed by atoms with Crippen LogP contribution in [-0.4, -0.2) is 34.5 Å². The van der Waals surface area contributed by atoms with Crippen molar-refractivity contribution in [3.63, 3.8) is 0 Å². The fourth-order valence-corrected chi connectivity index (χ4v) is 3.33.